The number of hydrogen-bond acceptors (Lipinski definition) is 6. The van der Waals surface area contributed by atoms with E-state index in [0.717, 1.165) is 5.56 Å². The number of carboxylic acid groups (broad SMARTS) is 1. The molecular formula is C21H26N2O6. The number of carbonyl (C=O) groups excluding carboxylic acids is 2. The van der Waals surface area contributed by atoms with Crippen LogP contribution < -0.4 is 5.32 Å². The molecule has 0 saturated carbocycles. The van der Waals surface area contributed by atoms with Gasteiger partial charge in [-0.05, 0) is 17.9 Å². The molecule has 0 heterocycles. The lowest BCUT2D eigenvalue weighted by atomic mass is 9.76. The van der Waals surface area contributed by atoms with Gasteiger partial charge >= 0.3 is 12.1 Å². The van der Waals surface area contributed by atoms with Crippen molar-refractivity contribution in [3.8, 4) is 0 Å². The number of nitrogens with one attached hydrogen (secondary N) is 1. The summed E-state index contributed by atoms with van der Waals surface area (Å²) in [5.74, 6) is -1.57. The van der Waals surface area contributed by atoms with Crippen LogP contribution in [-0.2, 0) is 20.9 Å². The molecule has 1 aliphatic rings. The molecule has 0 fully saturated rings. The number of nitrogens with zero attached hydrogens (tertiary/aromatic N) is 1. The summed E-state index contributed by atoms with van der Waals surface area (Å²) >= 11 is 0. The van der Waals surface area contributed by atoms with Gasteiger partial charge in [-0.3, -0.25) is 9.79 Å². The van der Waals surface area contributed by atoms with Crippen LogP contribution in [0.15, 0.2) is 46.7 Å². The number of carboxylic acids is 1. The normalized spacial score (nSPS) is 17.6. The van der Waals surface area contributed by atoms with Gasteiger partial charge in [0, 0.05) is 18.6 Å². The molecule has 8 heteroatoms. The summed E-state index contributed by atoms with van der Waals surface area (Å²) in [4.78, 5) is 39.8. The Morgan fingerprint density at radius 1 is 1.24 bits per heavy atom. The first-order chi connectivity index (χ1) is 13.6. The number of aliphatic imine (C=N–C) groups is 1. The largest absolute Gasteiger partial charge is 0.511 e. The smallest absolute Gasteiger partial charge is 0.408 e. The SMILES string of the molecule is CC(=NC[C@@H](NC(=O)OCc1ccccc1)C(=O)O)C1=C(O)CC(C)(C)CC1=O. The fourth-order valence-electron chi connectivity index (χ4n) is 3.10. The van der Waals surface area contributed by atoms with E-state index >= 15 is 0 Å². The molecule has 1 aromatic carbocycles. The number of Topliss-reactive ketones (excluding diaryl/α,β-unsaturated/α-hetero) is 1. The Bertz CT molecular complexity index is 842. The van der Waals surface area contributed by atoms with Gasteiger partial charge in [0.2, 0.25) is 0 Å². The first kappa shape index (κ1) is 22.1. The summed E-state index contributed by atoms with van der Waals surface area (Å²) in [7, 11) is 0. The Balaban J connectivity index is 2.00. The molecule has 0 radical (unpaired) electrons. The molecule has 0 unspecified atom stereocenters. The highest BCUT2D eigenvalue weighted by atomic mass is 16.5. The zero-order valence-corrected chi connectivity index (χ0v) is 16.8. The van der Waals surface area contributed by atoms with Crippen LogP contribution in [0.5, 0.6) is 0 Å². The van der Waals surface area contributed by atoms with Gasteiger partial charge in [0.05, 0.1) is 12.1 Å². The lowest BCUT2D eigenvalue weighted by Crippen LogP contribution is -2.43. The Hall–Kier alpha value is -3.16. The molecule has 1 atom stereocenters. The van der Waals surface area contributed by atoms with Crippen molar-refractivity contribution in [2.24, 2.45) is 10.4 Å². The zero-order valence-electron chi connectivity index (χ0n) is 16.8. The fourth-order valence-corrected chi connectivity index (χ4v) is 3.10. The maximum atomic E-state index is 12.3. The van der Waals surface area contributed by atoms with Crippen LogP contribution in [0.3, 0.4) is 0 Å². The first-order valence-corrected chi connectivity index (χ1v) is 9.26. The first-order valence-electron chi connectivity index (χ1n) is 9.26. The quantitative estimate of drug-likeness (QED) is 0.602. The number of rotatable bonds is 7. The van der Waals surface area contributed by atoms with Gasteiger partial charge in [-0.15, -0.1) is 0 Å². The van der Waals surface area contributed by atoms with E-state index in [0.29, 0.717) is 6.42 Å². The third kappa shape index (κ3) is 6.44. The topological polar surface area (TPSA) is 125 Å². The number of ether oxygens (including phenoxy) is 1. The molecule has 0 saturated heterocycles. The average molecular weight is 402 g/mol. The number of hydrogen-bond donors (Lipinski definition) is 3. The second-order valence-electron chi connectivity index (χ2n) is 7.79. The number of amides is 1. The monoisotopic (exact) mass is 402 g/mol. The van der Waals surface area contributed by atoms with Crippen molar-refractivity contribution in [3.05, 3.63) is 47.2 Å². The molecule has 0 aromatic heterocycles. The summed E-state index contributed by atoms with van der Waals surface area (Å²) in [5.41, 5.74) is 0.803. The molecule has 2 rings (SSSR count). The molecule has 0 bridgehead atoms. The van der Waals surface area contributed by atoms with Gasteiger partial charge < -0.3 is 20.3 Å². The summed E-state index contributed by atoms with van der Waals surface area (Å²) in [6, 6.07) is 7.65. The van der Waals surface area contributed by atoms with Gasteiger partial charge in [0.15, 0.2) is 5.78 Å². The molecule has 1 amide bonds. The summed E-state index contributed by atoms with van der Waals surface area (Å²) in [5, 5.41) is 21.8. The van der Waals surface area contributed by atoms with E-state index in [1.807, 2.05) is 19.9 Å². The van der Waals surface area contributed by atoms with Crippen LogP contribution in [0.1, 0.15) is 39.2 Å². The van der Waals surface area contributed by atoms with Gasteiger partial charge in [-0.1, -0.05) is 44.2 Å². The molecule has 3 N–H and O–H groups in total. The molecule has 156 valence electrons. The number of carbonyl (C=O) groups is 3. The van der Waals surface area contributed by atoms with E-state index in [1.54, 1.807) is 24.3 Å². The van der Waals surface area contributed by atoms with Crippen LogP contribution in [0.4, 0.5) is 4.79 Å². The van der Waals surface area contributed by atoms with Crippen LogP contribution in [-0.4, -0.2) is 46.4 Å². The summed E-state index contributed by atoms with van der Waals surface area (Å²) in [6.07, 6.45) is -0.273. The minimum absolute atomic E-state index is 0.00630. The van der Waals surface area contributed by atoms with Crippen LogP contribution in [0.25, 0.3) is 0 Å². The second kappa shape index (κ2) is 9.36. The minimum atomic E-state index is -1.33. The lowest BCUT2D eigenvalue weighted by Gasteiger charge is -2.29. The van der Waals surface area contributed by atoms with Crippen molar-refractivity contribution in [3.63, 3.8) is 0 Å². The Morgan fingerprint density at radius 2 is 1.90 bits per heavy atom. The molecule has 0 aliphatic heterocycles. The van der Waals surface area contributed by atoms with Crippen LogP contribution in [0.2, 0.25) is 0 Å². The van der Waals surface area contributed by atoms with E-state index in [9.17, 15) is 24.6 Å². The molecule has 1 aliphatic carbocycles. The molecule has 29 heavy (non-hydrogen) atoms. The van der Waals surface area contributed by atoms with E-state index < -0.39 is 18.1 Å². The molecule has 8 nitrogen and oxygen atoms in total. The summed E-state index contributed by atoms with van der Waals surface area (Å²) < 4.78 is 5.02. The number of allylic oxidation sites excluding steroid dienone is 2. The molecular weight excluding hydrogens is 376 g/mol. The number of aliphatic carboxylic acids is 1. The Labute approximate surface area is 169 Å². The summed E-state index contributed by atoms with van der Waals surface area (Å²) in [6.45, 7) is 5.02. The number of aliphatic hydroxyl groups excluding tert-OH is 1. The average Bonchev–Trinajstić information content (AvgIpc) is 2.62. The van der Waals surface area contributed by atoms with Crippen molar-refractivity contribution < 1.29 is 29.3 Å². The predicted octanol–water partition coefficient (Wildman–Crippen LogP) is 3.03. The minimum Gasteiger partial charge on any atom is -0.511 e. The van der Waals surface area contributed by atoms with Crippen molar-refractivity contribution >= 4 is 23.6 Å². The maximum absolute atomic E-state index is 12.3. The molecule has 0 spiro atoms. The van der Waals surface area contributed by atoms with Crippen molar-refractivity contribution in [2.75, 3.05) is 6.54 Å². The third-order valence-electron chi connectivity index (χ3n) is 4.53. The highest BCUT2D eigenvalue weighted by molar-refractivity contribution is 6.22. The number of alkyl carbamates (subject to hydrolysis) is 1. The Morgan fingerprint density at radius 3 is 2.48 bits per heavy atom. The molecule has 1 aromatic rings. The lowest BCUT2D eigenvalue weighted by molar-refractivity contribution is -0.139. The van der Waals surface area contributed by atoms with Gasteiger partial charge in [0.25, 0.3) is 0 Å². The van der Waals surface area contributed by atoms with Gasteiger partial charge in [0.1, 0.15) is 18.4 Å². The van der Waals surface area contributed by atoms with Gasteiger partial charge in [-0.25, -0.2) is 9.59 Å². The maximum Gasteiger partial charge on any atom is 0.408 e. The highest BCUT2D eigenvalue weighted by Gasteiger charge is 2.34. The van der Waals surface area contributed by atoms with E-state index in [-0.39, 0.29) is 47.8 Å². The number of ketones is 1. The van der Waals surface area contributed by atoms with Gasteiger partial charge in [-0.2, -0.15) is 0 Å². The van der Waals surface area contributed by atoms with Crippen LogP contribution >= 0.6 is 0 Å². The van der Waals surface area contributed by atoms with E-state index in [1.165, 1.54) is 6.92 Å². The zero-order chi connectivity index (χ0) is 21.6. The Kier molecular flexibility index (Phi) is 7.14. The highest BCUT2D eigenvalue weighted by Crippen LogP contribution is 2.36. The van der Waals surface area contributed by atoms with Crippen molar-refractivity contribution in [1.82, 2.24) is 5.32 Å². The van der Waals surface area contributed by atoms with Crippen molar-refractivity contribution in [1.29, 1.82) is 0 Å². The van der Waals surface area contributed by atoms with E-state index in [2.05, 4.69) is 10.3 Å². The fraction of sp³-hybridized carbons (Fsp3) is 0.429. The number of benzene rings is 1. The third-order valence-corrected chi connectivity index (χ3v) is 4.53. The second-order valence-corrected chi connectivity index (χ2v) is 7.79. The standard InChI is InChI=1S/C21H26N2O6/c1-13(18-16(24)9-21(2,3)10-17(18)25)22-11-15(19(26)27)23-20(28)29-12-14-7-5-4-6-8-14/h4-8,15,24H,9-12H2,1-3H3,(H,23,28)(H,26,27)/t15-/m1/s1. The van der Waals surface area contributed by atoms with Crippen LogP contribution in [0, 0.1) is 5.41 Å². The van der Waals surface area contributed by atoms with Crippen molar-refractivity contribution in [2.45, 2.75) is 46.3 Å². The predicted molar refractivity (Wildman–Crippen MR) is 107 cm³/mol. The number of aliphatic hydroxyl groups is 1. The van der Waals surface area contributed by atoms with E-state index in [4.69, 9.17) is 4.74 Å².